The van der Waals surface area contributed by atoms with E-state index in [1.54, 1.807) is 16.3 Å². The first-order valence-electron chi connectivity index (χ1n) is 10.1. The highest BCUT2D eigenvalue weighted by Gasteiger charge is 2.16. The SMILES string of the molecule is CCCCn1c(=O)c2ccccc2n2c(SCc3ccc4ccccc4n3)nnc12. The molecule has 0 spiro atoms. The van der Waals surface area contributed by atoms with Crippen molar-refractivity contribution in [3.05, 3.63) is 76.7 Å². The summed E-state index contributed by atoms with van der Waals surface area (Å²) in [6.07, 6.45) is 1.93. The van der Waals surface area contributed by atoms with Gasteiger partial charge in [-0.05, 0) is 30.7 Å². The average molecular weight is 416 g/mol. The van der Waals surface area contributed by atoms with Crippen LogP contribution < -0.4 is 5.56 Å². The standard InChI is InChI=1S/C23H21N5OS/c1-2-3-14-27-21(29)18-9-5-7-11-20(18)28-22(27)25-26-23(28)30-15-17-13-12-16-8-4-6-10-19(16)24-17/h4-13H,2-3,14-15H2,1H3. The molecule has 0 N–H and O–H groups in total. The second-order valence-electron chi connectivity index (χ2n) is 7.23. The summed E-state index contributed by atoms with van der Waals surface area (Å²) in [6.45, 7) is 2.75. The molecule has 0 fully saturated rings. The maximum Gasteiger partial charge on any atom is 0.262 e. The third-order valence-electron chi connectivity index (χ3n) is 5.22. The van der Waals surface area contributed by atoms with Crippen LogP contribution in [0.3, 0.4) is 0 Å². The van der Waals surface area contributed by atoms with Gasteiger partial charge < -0.3 is 0 Å². The number of fused-ring (bicyclic) bond motifs is 4. The van der Waals surface area contributed by atoms with Gasteiger partial charge in [-0.15, -0.1) is 10.2 Å². The van der Waals surface area contributed by atoms with Crippen LogP contribution in [0.4, 0.5) is 0 Å². The molecule has 0 aliphatic heterocycles. The summed E-state index contributed by atoms with van der Waals surface area (Å²) < 4.78 is 3.75. The number of aromatic nitrogens is 5. The molecule has 2 aromatic carbocycles. The quantitative estimate of drug-likeness (QED) is 0.377. The second-order valence-corrected chi connectivity index (χ2v) is 8.17. The molecule has 0 radical (unpaired) electrons. The molecule has 5 aromatic rings. The Morgan fingerprint density at radius 3 is 2.70 bits per heavy atom. The molecule has 0 saturated carbocycles. The molecule has 0 saturated heterocycles. The van der Waals surface area contributed by atoms with Gasteiger partial charge in [-0.25, -0.2) is 0 Å². The van der Waals surface area contributed by atoms with Gasteiger partial charge >= 0.3 is 0 Å². The van der Waals surface area contributed by atoms with Gasteiger partial charge in [0.1, 0.15) is 0 Å². The topological polar surface area (TPSA) is 65.1 Å². The largest absolute Gasteiger partial charge is 0.276 e. The molecular formula is C23H21N5OS. The van der Waals surface area contributed by atoms with E-state index in [2.05, 4.69) is 29.3 Å². The molecule has 0 bridgehead atoms. The van der Waals surface area contributed by atoms with E-state index in [1.165, 1.54) is 0 Å². The van der Waals surface area contributed by atoms with Gasteiger partial charge in [-0.2, -0.15) is 0 Å². The molecule has 6 nitrogen and oxygen atoms in total. The summed E-state index contributed by atoms with van der Waals surface area (Å²) >= 11 is 1.58. The zero-order valence-corrected chi connectivity index (χ0v) is 17.5. The van der Waals surface area contributed by atoms with Crippen molar-refractivity contribution in [3.63, 3.8) is 0 Å². The van der Waals surface area contributed by atoms with Crippen LogP contribution in [0.1, 0.15) is 25.5 Å². The van der Waals surface area contributed by atoms with E-state index in [0.29, 0.717) is 23.5 Å². The van der Waals surface area contributed by atoms with E-state index in [1.807, 2.05) is 52.9 Å². The van der Waals surface area contributed by atoms with Crippen molar-refractivity contribution >= 4 is 39.3 Å². The normalized spacial score (nSPS) is 11.6. The third kappa shape index (κ3) is 3.25. The monoisotopic (exact) mass is 415 g/mol. The Bertz CT molecular complexity index is 1420. The number of thioether (sulfide) groups is 1. The third-order valence-corrected chi connectivity index (χ3v) is 6.18. The van der Waals surface area contributed by atoms with Crippen molar-refractivity contribution in [1.82, 2.24) is 24.1 Å². The minimum Gasteiger partial charge on any atom is -0.276 e. The Hall–Kier alpha value is -3.19. The predicted molar refractivity (Wildman–Crippen MR) is 121 cm³/mol. The number of para-hydroxylation sites is 2. The van der Waals surface area contributed by atoms with Gasteiger partial charge in [-0.3, -0.25) is 18.7 Å². The summed E-state index contributed by atoms with van der Waals surface area (Å²) in [5, 5.41) is 11.4. The molecule has 7 heteroatoms. The van der Waals surface area contributed by atoms with Crippen LogP contribution >= 0.6 is 11.8 Å². The van der Waals surface area contributed by atoms with Gasteiger partial charge in [0.2, 0.25) is 5.78 Å². The number of hydrogen-bond donors (Lipinski definition) is 0. The number of benzene rings is 2. The molecule has 0 unspecified atom stereocenters. The first-order valence-corrected chi connectivity index (χ1v) is 11.1. The van der Waals surface area contributed by atoms with E-state index in [9.17, 15) is 4.79 Å². The number of pyridine rings is 1. The maximum atomic E-state index is 13.0. The van der Waals surface area contributed by atoms with Crippen LogP contribution in [0.15, 0.2) is 70.6 Å². The van der Waals surface area contributed by atoms with Crippen LogP contribution in [-0.2, 0) is 12.3 Å². The smallest absolute Gasteiger partial charge is 0.262 e. The van der Waals surface area contributed by atoms with E-state index >= 15 is 0 Å². The zero-order valence-electron chi connectivity index (χ0n) is 16.7. The summed E-state index contributed by atoms with van der Waals surface area (Å²) in [7, 11) is 0. The van der Waals surface area contributed by atoms with Crippen molar-refractivity contribution in [1.29, 1.82) is 0 Å². The van der Waals surface area contributed by atoms with E-state index in [-0.39, 0.29) is 5.56 Å². The zero-order chi connectivity index (χ0) is 20.5. The average Bonchev–Trinajstić information content (AvgIpc) is 3.21. The van der Waals surface area contributed by atoms with Gasteiger partial charge in [0, 0.05) is 17.7 Å². The minimum atomic E-state index is -0.00769. The van der Waals surface area contributed by atoms with Crippen molar-refractivity contribution in [2.24, 2.45) is 0 Å². The fraction of sp³-hybridized carbons (Fsp3) is 0.217. The number of aryl methyl sites for hydroxylation is 1. The van der Waals surface area contributed by atoms with Crippen LogP contribution in [0.5, 0.6) is 0 Å². The summed E-state index contributed by atoms with van der Waals surface area (Å²) in [4.78, 5) is 17.8. The second kappa shape index (κ2) is 7.91. The lowest BCUT2D eigenvalue weighted by molar-refractivity contribution is 0.620. The Balaban J connectivity index is 1.57. The van der Waals surface area contributed by atoms with Crippen LogP contribution in [0.2, 0.25) is 0 Å². The number of rotatable bonds is 6. The first kappa shape index (κ1) is 18.8. The van der Waals surface area contributed by atoms with Crippen LogP contribution in [0, 0.1) is 0 Å². The van der Waals surface area contributed by atoms with E-state index in [0.717, 1.165) is 40.1 Å². The molecular weight excluding hydrogens is 394 g/mol. The van der Waals surface area contributed by atoms with Gasteiger partial charge in [0.05, 0.1) is 22.1 Å². The first-order chi connectivity index (χ1) is 14.8. The predicted octanol–water partition coefficient (Wildman–Crippen LogP) is 4.68. The lowest BCUT2D eigenvalue weighted by Crippen LogP contribution is -2.23. The van der Waals surface area contributed by atoms with E-state index in [4.69, 9.17) is 4.98 Å². The van der Waals surface area contributed by atoms with E-state index < -0.39 is 0 Å². The molecule has 3 aromatic heterocycles. The molecule has 0 atom stereocenters. The molecule has 150 valence electrons. The molecule has 30 heavy (non-hydrogen) atoms. The summed E-state index contributed by atoms with van der Waals surface area (Å²) in [6, 6.07) is 19.9. The van der Waals surface area contributed by atoms with Gasteiger partial charge in [0.25, 0.3) is 5.56 Å². The number of hydrogen-bond acceptors (Lipinski definition) is 5. The fourth-order valence-electron chi connectivity index (χ4n) is 3.67. The number of nitrogens with zero attached hydrogens (tertiary/aromatic N) is 5. The van der Waals surface area contributed by atoms with Crippen molar-refractivity contribution < 1.29 is 0 Å². The minimum absolute atomic E-state index is 0.00769. The lowest BCUT2D eigenvalue weighted by Gasteiger charge is -2.10. The van der Waals surface area contributed by atoms with Gasteiger partial charge in [-0.1, -0.05) is 61.5 Å². The summed E-state index contributed by atoms with van der Waals surface area (Å²) in [5.74, 6) is 1.27. The highest BCUT2D eigenvalue weighted by Crippen LogP contribution is 2.25. The van der Waals surface area contributed by atoms with Crippen molar-refractivity contribution in [2.75, 3.05) is 0 Å². The van der Waals surface area contributed by atoms with Crippen molar-refractivity contribution in [2.45, 2.75) is 37.2 Å². The maximum absolute atomic E-state index is 13.0. The molecule has 3 heterocycles. The van der Waals surface area contributed by atoms with Gasteiger partial charge in [0.15, 0.2) is 5.16 Å². The lowest BCUT2D eigenvalue weighted by atomic mass is 10.2. The van der Waals surface area contributed by atoms with Crippen molar-refractivity contribution in [3.8, 4) is 0 Å². The van der Waals surface area contributed by atoms with Crippen LogP contribution in [-0.4, -0.2) is 24.1 Å². The Morgan fingerprint density at radius 2 is 1.80 bits per heavy atom. The molecule has 0 aliphatic rings. The Labute approximate surface area is 177 Å². The Morgan fingerprint density at radius 1 is 0.967 bits per heavy atom. The molecule has 0 aliphatic carbocycles. The molecule has 5 rings (SSSR count). The number of unbranched alkanes of at least 4 members (excludes halogenated alkanes) is 1. The summed E-state index contributed by atoms with van der Waals surface area (Å²) in [5.41, 5.74) is 2.80. The fourth-order valence-corrected chi connectivity index (χ4v) is 4.52. The molecule has 0 amide bonds. The Kier molecular flexibility index (Phi) is 4.96. The highest BCUT2D eigenvalue weighted by molar-refractivity contribution is 7.98. The highest BCUT2D eigenvalue weighted by atomic mass is 32.2. The van der Waals surface area contributed by atoms with Crippen LogP contribution in [0.25, 0.3) is 27.6 Å².